The molecule has 0 aliphatic rings. The van der Waals surface area contributed by atoms with E-state index in [1.54, 1.807) is 0 Å². The minimum absolute atomic E-state index is 0.523. The Morgan fingerprint density at radius 2 is 2.40 bits per heavy atom. The van der Waals surface area contributed by atoms with Gasteiger partial charge in [-0.05, 0) is 0 Å². The molecule has 0 amide bonds. The molecule has 0 aliphatic heterocycles. The maximum absolute atomic E-state index is 11.8. The lowest BCUT2D eigenvalue weighted by atomic mass is 10.4. The second kappa shape index (κ2) is 2.83. The number of aromatic nitrogens is 2. The summed E-state index contributed by atoms with van der Waals surface area (Å²) in [6.07, 6.45) is 2.48. The van der Waals surface area contributed by atoms with E-state index in [4.69, 9.17) is 0 Å². The van der Waals surface area contributed by atoms with Crippen molar-refractivity contribution in [2.75, 3.05) is 0 Å². The van der Waals surface area contributed by atoms with Crippen molar-refractivity contribution in [2.45, 2.75) is 6.55 Å². The van der Waals surface area contributed by atoms with E-state index < -0.39 is 6.55 Å². The summed E-state index contributed by atoms with van der Waals surface area (Å²) in [7, 11) is 0. The lowest BCUT2D eigenvalue weighted by Crippen LogP contribution is -1.96. The summed E-state index contributed by atoms with van der Waals surface area (Å²) < 4.78 is 24.1. The molecular weight excluding hydrogens is 158 g/mol. The standard InChI is InChI=1S/C5H4F2N2S/c6-5(7)9-2-4(3-10)1-8-9/h1-3,5H. The number of thiocarbonyl (C=S) groups is 1. The van der Waals surface area contributed by atoms with E-state index in [2.05, 4.69) is 17.3 Å². The van der Waals surface area contributed by atoms with Crippen molar-refractivity contribution >= 4 is 17.6 Å². The van der Waals surface area contributed by atoms with Crippen LogP contribution in [0.1, 0.15) is 12.1 Å². The number of nitrogens with zero attached hydrogens (tertiary/aromatic N) is 2. The Morgan fingerprint density at radius 1 is 1.70 bits per heavy atom. The topological polar surface area (TPSA) is 17.8 Å². The van der Waals surface area contributed by atoms with Crippen LogP contribution >= 0.6 is 12.2 Å². The van der Waals surface area contributed by atoms with Crippen LogP contribution in [0.3, 0.4) is 0 Å². The van der Waals surface area contributed by atoms with Gasteiger partial charge in [0.2, 0.25) is 0 Å². The van der Waals surface area contributed by atoms with Crippen molar-refractivity contribution in [3.8, 4) is 0 Å². The average Bonchev–Trinajstić information content (AvgIpc) is 2.34. The molecular formula is C5H4F2N2S. The second-order valence-corrected chi connectivity index (χ2v) is 1.88. The summed E-state index contributed by atoms with van der Waals surface area (Å²) in [6.45, 7) is -2.58. The highest BCUT2D eigenvalue weighted by Crippen LogP contribution is 2.07. The fourth-order valence-electron chi connectivity index (χ4n) is 0.520. The molecule has 0 aliphatic carbocycles. The Labute approximate surface area is 61.5 Å². The third kappa shape index (κ3) is 1.36. The van der Waals surface area contributed by atoms with Crippen molar-refractivity contribution in [1.82, 2.24) is 9.78 Å². The summed E-state index contributed by atoms with van der Waals surface area (Å²) in [4.78, 5) is 0. The van der Waals surface area contributed by atoms with E-state index in [1.807, 2.05) is 0 Å². The second-order valence-electron chi connectivity index (χ2n) is 1.65. The average molecular weight is 162 g/mol. The van der Waals surface area contributed by atoms with Crippen molar-refractivity contribution in [1.29, 1.82) is 0 Å². The van der Waals surface area contributed by atoms with Crippen LogP contribution in [0.25, 0.3) is 0 Å². The Balaban J connectivity index is 2.88. The first-order valence-electron chi connectivity index (χ1n) is 2.51. The first kappa shape index (κ1) is 7.27. The van der Waals surface area contributed by atoms with Gasteiger partial charge < -0.3 is 0 Å². The molecule has 0 N–H and O–H groups in total. The van der Waals surface area contributed by atoms with E-state index in [0.29, 0.717) is 10.2 Å². The maximum Gasteiger partial charge on any atom is 0.333 e. The van der Waals surface area contributed by atoms with Crippen molar-refractivity contribution in [3.05, 3.63) is 18.0 Å². The summed E-state index contributed by atoms with van der Waals surface area (Å²) >= 11 is 4.50. The molecule has 1 heterocycles. The monoisotopic (exact) mass is 162 g/mol. The van der Waals surface area contributed by atoms with Crippen molar-refractivity contribution in [2.24, 2.45) is 0 Å². The summed E-state index contributed by atoms with van der Waals surface area (Å²) in [5, 5.41) is 4.65. The van der Waals surface area contributed by atoms with Gasteiger partial charge in [-0.3, -0.25) is 0 Å². The van der Waals surface area contributed by atoms with Crippen LogP contribution in [-0.2, 0) is 0 Å². The van der Waals surface area contributed by atoms with Gasteiger partial charge in [-0.15, -0.1) is 0 Å². The zero-order valence-electron chi connectivity index (χ0n) is 4.87. The summed E-state index contributed by atoms with van der Waals surface area (Å²) in [5.41, 5.74) is 0.523. The molecule has 0 saturated heterocycles. The Morgan fingerprint density at radius 3 is 2.70 bits per heavy atom. The van der Waals surface area contributed by atoms with Crippen LogP contribution in [0.2, 0.25) is 0 Å². The highest BCUT2D eigenvalue weighted by atomic mass is 32.1. The van der Waals surface area contributed by atoms with Gasteiger partial charge in [-0.25, -0.2) is 4.68 Å². The van der Waals surface area contributed by atoms with Crippen molar-refractivity contribution in [3.63, 3.8) is 0 Å². The molecule has 0 fully saturated rings. The third-order valence-electron chi connectivity index (χ3n) is 0.958. The number of alkyl halides is 2. The molecule has 0 spiro atoms. The molecule has 0 aromatic carbocycles. The SMILES string of the molecule is FC(F)n1cc(C=S)cn1. The number of hydrogen-bond acceptors (Lipinski definition) is 2. The van der Waals surface area contributed by atoms with E-state index >= 15 is 0 Å². The van der Waals surface area contributed by atoms with E-state index in [1.165, 1.54) is 17.8 Å². The molecule has 1 aromatic rings. The molecule has 1 aromatic heterocycles. The Kier molecular flexibility index (Phi) is 2.06. The van der Waals surface area contributed by atoms with Crippen LogP contribution in [0.5, 0.6) is 0 Å². The molecule has 2 nitrogen and oxygen atoms in total. The van der Waals surface area contributed by atoms with Gasteiger partial charge in [0.15, 0.2) is 0 Å². The van der Waals surface area contributed by atoms with Crippen LogP contribution in [0.4, 0.5) is 8.78 Å². The number of rotatable bonds is 2. The van der Waals surface area contributed by atoms with Crippen molar-refractivity contribution < 1.29 is 8.78 Å². The van der Waals surface area contributed by atoms with Gasteiger partial charge in [0.1, 0.15) is 0 Å². The highest BCUT2D eigenvalue weighted by Gasteiger charge is 2.04. The first-order valence-corrected chi connectivity index (χ1v) is 2.98. The fourth-order valence-corrected chi connectivity index (χ4v) is 0.642. The number of hydrogen-bond donors (Lipinski definition) is 0. The minimum Gasteiger partial charge on any atom is -0.211 e. The molecule has 1 rings (SSSR count). The third-order valence-corrected chi connectivity index (χ3v) is 1.23. The molecule has 0 radical (unpaired) electrons. The van der Waals surface area contributed by atoms with Crippen LogP contribution in [-0.4, -0.2) is 15.1 Å². The summed E-state index contributed by atoms with van der Waals surface area (Å²) in [6, 6.07) is 0. The molecule has 54 valence electrons. The molecule has 0 bridgehead atoms. The number of halogens is 2. The molecule has 0 saturated carbocycles. The normalized spacial score (nSPS) is 10.3. The molecule has 0 unspecified atom stereocenters. The predicted molar refractivity (Wildman–Crippen MR) is 36.2 cm³/mol. The predicted octanol–water partition coefficient (Wildman–Crippen LogP) is 1.63. The Bertz CT molecular complexity index is 233. The first-order chi connectivity index (χ1) is 4.74. The van der Waals surface area contributed by atoms with E-state index in [9.17, 15) is 8.78 Å². The van der Waals surface area contributed by atoms with Gasteiger partial charge >= 0.3 is 6.55 Å². The van der Waals surface area contributed by atoms with Crippen LogP contribution in [0, 0.1) is 0 Å². The summed E-state index contributed by atoms with van der Waals surface area (Å²) in [5.74, 6) is 0. The fraction of sp³-hybridized carbons (Fsp3) is 0.200. The van der Waals surface area contributed by atoms with E-state index in [-0.39, 0.29) is 0 Å². The largest absolute Gasteiger partial charge is 0.333 e. The minimum atomic E-state index is -2.58. The molecule has 0 atom stereocenters. The van der Waals surface area contributed by atoms with Gasteiger partial charge in [0.25, 0.3) is 0 Å². The van der Waals surface area contributed by atoms with Gasteiger partial charge in [-0.1, -0.05) is 12.2 Å². The highest BCUT2D eigenvalue weighted by molar-refractivity contribution is 7.79. The van der Waals surface area contributed by atoms with Crippen LogP contribution < -0.4 is 0 Å². The molecule has 10 heavy (non-hydrogen) atoms. The lowest BCUT2D eigenvalue weighted by molar-refractivity contribution is 0.0566. The van der Waals surface area contributed by atoms with E-state index in [0.717, 1.165) is 0 Å². The van der Waals surface area contributed by atoms with Gasteiger partial charge in [-0.2, -0.15) is 13.9 Å². The van der Waals surface area contributed by atoms with Gasteiger partial charge in [0.05, 0.1) is 6.20 Å². The quantitative estimate of drug-likeness (QED) is 0.615. The molecule has 5 heteroatoms. The maximum atomic E-state index is 11.8. The zero-order valence-corrected chi connectivity index (χ0v) is 5.68. The van der Waals surface area contributed by atoms with Crippen LogP contribution in [0.15, 0.2) is 12.4 Å². The Hall–Kier alpha value is -0.840. The zero-order chi connectivity index (χ0) is 7.56. The smallest absolute Gasteiger partial charge is 0.211 e. The lowest BCUT2D eigenvalue weighted by Gasteiger charge is -1.94. The van der Waals surface area contributed by atoms with Gasteiger partial charge in [0, 0.05) is 17.1 Å².